The normalized spacial score (nSPS) is 12.2. The molecule has 0 aliphatic rings. The molecule has 0 heterocycles. The molecule has 3 heteroatoms. The van der Waals surface area contributed by atoms with Crippen LogP contribution in [0.3, 0.4) is 0 Å². The van der Waals surface area contributed by atoms with Crippen LogP contribution in [0.5, 0.6) is 0 Å². The van der Waals surface area contributed by atoms with Gasteiger partial charge < -0.3 is 9.22 Å². The van der Waals surface area contributed by atoms with Crippen LogP contribution in [-0.4, -0.2) is 20.7 Å². The Labute approximate surface area is 147 Å². The van der Waals surface area contributed by atoms with Crippen LogP contribution in [0, 0.1) is 0 Å². The monoisotopic (exact) mass is 340 g/mol. The highest BCUT2D eigenvalue weighted by molar-refractivity contribution is 6.99. The lowest BCUT2D eigenvalue weighted by molar-refractivity contribution is -0.117. The summed E-state index contributed by atoms with van der Waals surface area (Å²) in [5, 5.41) is 2.56. The fraction of sp³-hybridized carbons (Fsp3) is 0.381. The zero-order valence-electron chi connectivity index (χ0n) is 15.2. The number of ketones is 1. The van der Waals surface area contributed by atoms with Gasteiger partial charge in [0.1, 0.15) is 5.78 Å². The summed E-state index contributed by atoms with van der Waals surface area (Å²) in [5.41, 5.74) is 0. The summed E-state index contributed by atoms with van der Waals surface area (Å²) < 4.78 is 6.70. The van der Waals surface area contributed by atoms with Crippen molar-refractivity contribution >= 4 is 24.5 Å². The van der Waals surface area contributed by atoms with Crippen molar-refractivity contribution in [3.63, 3.8) is 0 Å². The molecule has 24 heavy (non-hydrogen) atoms. The largest absolute Gasteiger partial charge is 0.407 e. The number of hydrogen-bond acceptors (Lipinski definition) is 2. The van der Waals surface area contributed by atoms with E-state index in [1.807, 2.05) is 12.1 Å². The summed E-state index contributed by atoms with van der Waals surface area (Å²) in [6, 6.07) is 21.2. The highest BCUT2D eigenvalue weighted by atomic mass is 28.4. The Morgan fingerprint density at radius 1 is 0.917 bits per heavy atom. The Balaban J connectivity index is 2.47. The van der Waals surface area contributed by atoms with Gasteiger partial charge in [0.2, 0.25) is 0 Å². The molecule has 0 unspecified atom stereocenters. The Morgan fingerprint density at radius 3 is 1.75 bits per heavy atom. The van der Waals surface area contributed by atoms with Crippen molar-refractivity contribution in [2.24, 2.45) is 0 Å². The molecule has 2 nitrogen and oxygen atoms in total. The fourth-order valence-corrected chi connectivity index (χ4v) is 7.91. The first kappa shape index (κ1) is 18.6. The van der Waals surface area contributed by atoms with Gasteiger partial charge in [-0.3, -0.25) is 0 Å². The van der Waals surface area contributed by atoms with Gasteiger partial charge >= 0.3 is 0 Å². The molecule has 0 bridgehead atoms. The minimum Gasteiger partial charge on any atom is -0.407 e. The molecule has 2 aromatic rings. The molecule has 0 saturated carbocycles. The first-order valence-corrected chi connectivity index (χ1v) is 10.5. The summed E-state index contributed by atoms with van der Waals surface area (Å²) in [4.78, 5) is 11.3. The quantitative estimate of drug-likeness (QED) is 0.564. The zero-order valence-corrected chi connectivity index (χ0v) is 16.2. The molecule has 0 aliphatic heterocycles. The third-order valence-electron chi connectivity index (χ3n) is 4.41. The van der Waals surface area contributed by atoms with Crippen molar-refractivity contribution in [1.29, 1.82) is 0 Å². The zero-order chi connectivity index (χ0) is 17.6. The van der Waals surface area contributed by atoms with Gasteiger partial charge in [-0.15, -0.1) is 0 Å². The SMILES string of the molecule is CC(=O)CCCO[Si](c1ccccc1)(c1ccccc1)C(C)(C)C. The fourth-order valence-electron chi connectivity index (χ4n) is 3.31. The van der Waals surface area contributed by atoms with Crippen molar-refractivity contribution in [1.82, 2.24) is 0 Å². The van der Waals surface area contributed by atoms with Gasteiger partial charge in [0.15, 0.2) is 0 Å². The van der Waals surface area contributed by atoms with E-state index in [1.165, 1.54) is 10.4 Å². The van der Waals surface area contributed by atoms with E-state index in [1.54, 1.807) is 6.92 Å². The van der Waals surface area contributed by atoms with Crippen LogP contribution < -0.4 is 10.4 Å². The van der Waals surface area contributed by atoms with Crippen LogP contribution in [0.4, 0.5) is 0 Å². The number of hydrogen-bond donors (Lipinski definition) is 0. The number of carbonyl (C=O) groups excluding carboxylic acids is 1. The Kier molecular flexibility index (Phi) is 6.14. The predicted molar refractivity (Wildman–Crippen MR) is 103 cm³/mol. The van der Waals surface area contributed by atoms with Crippen LogP contribution in [0.15, 0.2) is 60.7 Å². The first-order valence-electron chi connectivity index (χ1n) is 8.62. The summed E-state index contributed by atoms with van der Waals surface area (Å²) in [5.74, 6) is 0.223. The molecule has 0 N–H and O–H groups in total. The van der Waals surface area contributed by atoms with E-state index in [0.717, 1.165) is 6.42 Å². The molecular weight excluding hydrogens is 312 g/mol. The lowest BCUT2D eigenvalue weighted by Gasteiger charge is -2.43. The van der Waals surface area contributed by atoms with Crippen molar-refractivity contribution in [2.45, 2.75) is 45.6 Å². The van der Waals surface area contributed by atoms with E-state index in [9.17, 15) is 4.79 Å². The van der Waals surface area contributed by atoms with Crippen LogP contribution >= 0.6 is 0 Å². The van der Waals surface area contributed by atoms with E-state index < -0.39 is 8.32 Å². The van der Waals surface area contributed by atoms with E-state index in [-0.39, 0.29) is 10.8 Å². The maximum atomic E-state index is 11.3. The standard InChI is InChI=1S/C21H28O2Si/c1-18(22)12-11-17-23-24(21(2,3)4,19-13-7-5-8-14-19)20-15-9-6-10-16-20/h5-10,13-16H,11-12,17H2,1-4H3. The van der Waals surface area contributed by atoms with Gasteiger partial charge in [-0.25, -0.2) is 0 Å². The lowest BCUT2D eigenvalue weighted by Crippen LogP contribution is -2.66. The molecule has 2 aromatic carbocycles. The van der Waals surface area contributed by atoms with Crippen LogP contribution in [0.2, 0.25) is 5.04 Å². The van der Waals surface area contributed by atoms with E-state index in [0.29, 0.717) is 13.0 Å². The van der Waals surface area contributed by atoms with Crippen LogP contribution in [0.25, 0.3) is 0 Å². The molecule has 128 valence electrons. The molecule has 0 amide bonds. The molecular formula is C21H28O2Si. The highest BCUT2D eigenvalue weighted by Crippen LogP contribution is 2.36. The van der Waals surface area contributed by atoms with E-state index in [4.69, 9.17) is 4.43 Å². The van der Waals surface area contributed by atoms with Crippen molar-refractivity contribution in [3.8, 4) is 0 Å². The number of benzene rings is 2. The van der Waals surface area contributed by atoms with Gasteiger partial charge in [-0.2, -0.15) is 0 Å². The maximum Gasteiger partial charge on any atom is 0.261 e. The smallest absolute Gasteiger partial charge is 0.261 e. The average molecular weight is 341 g/mol. The minimum atomic E-state index is -2.43. The third-order valence-corrected chi connectivity index (χ3v) is 9.45. The molecule has 2 rings (SSSR count). The molecule has 0 saturated heterocycles. The summed E-state index contributed by atoms with van der Waals surface area (Å²) >= 11 is 0. The average Bonchev–Trinajstić information content (AvgIpc) is 2.55. The van der Waals surface area contributed by atoms with Gasteiger partial charge in [-0.05, 0) is 28.8 Å². The van der Waals surface area contributed by atoms with Crippen molar-refractivity contribution in [2.75, 3.05) is 6.61 Å². The highest BCUT2D eigenvalue weighted by Gasteiger charge is 2.49. The number of rotatable bonds is 7. The third kappa shape index (κ3) is 4.03. The van der Waals surface area contributed by atoms with Crippen molar-refractivity contribution in [3.05, 3.63) is 60.7 Å². The van der Waals surface area contributed by atoms with Gasteiger partial charge in [0, 0.05) is 13.0 Å². The Bertz CT molecular complexity index is 605. The van der Waals surface area contributed by atoms with E-state index >= 15 is 0 Å². The minimum absolute atomic E-state index is 0.00801. The van der Waals surface area contributed by atoms with Crippen LogP contribution in [0.1, 0.15) is 40.5 Å². The van der Waals surface area contributed by atoms with Gasteiger partial charge in [-0.1, -0.05) is 81.4 Å². The first-order chi connectivity index (χ1) is 11.4. The summed E-state index contributed by atoms with van der Waals surface area (Å²) in [7, 11) is -2.43. The Morgan fingerprint density at radius 2 is 1.38 bits per heavy atom. The Hall–Kier alpha value is -1.71. The molecule has 0 atom stereocenters. The van der Waals surface area contributed by atoms with Crippen LogP contribution in [-0.2, 0) is 9.22 Å². The predicted octanol–water partition coefficient (Wildman–Crippen LogP) is 3.93. The number of carbonyl (C=O) groups is 1. The lowest BCUT2D eigenvalue weighted by atomic mass is 10.2. The molecule has 0 aromatic heterocycles. The topological polar surface area (TPSA) is 26.3 Å². The van der Waals surface area contributed by atoms with Gasteiger partial charge in [0.05, 0.1) is 0 Å². The summed E-state index contributed by atoms with van der Waals surface area (Å²) in [6.45, 7) is 9.06. The molecule has 0 aliphatic carbocycles. The second-order valence-corrected chi connectivity index (χ2v) is 11.6. The second-order valence-electron chi connectivity index (χ2n) is 7.32. The summed E-state index contributed by atoms with van der Waals surface area (Å²) in [6.07, 6.45) is 1.36. The van der Waals surface area contributed by atoms with E-state index in [2.05, 4.69) is 69.3 Å². The van der Waals surface area contributed by atoms with Crippen molar-refractivity contribution < 1.29 is 9.22 Å². The molecule has 0 spiro atoms. The van der Waals surface area contributed by atoms with Gasteiger partial charge in [0.25, 0.3) is 8.32 Å². The maximum absolute atomic E-state index is 11.3. The second kappa shape index (κ2) is 7.91. The molecule has 0 radical (unpaired) electrons. The molecule has 0 fully saturated rings. The number of Topliss-reactive ketones (excluding diaryl/α,β-unsaturated/α-hetero) is 1.